The van der Waals surface area contributed by atoms with Crippen LogP contribution in [-0.2, 0) is 9.59 Å². The second-order valence-corrected chi connectivity index (χ2v) is 5.13. The molecule has 0 rings (SSSR count). The van der Waals surface area contributed by atoms with Gasteiger partial charge < -0.3 is 17.2 Å². The molecule has 7 nitrogen and oxygen atoms in total. The van der Waals surface area contributed by atoms with Crippen molar-refractivity contribution in [3.05, 3.63) is 0 Å². The van der Waals surface area contributed by atoms with Crippen molar-refractivity contribution in [3.8, 4) is 0 Å². The third kappa shape index (κ3) is 11.9. The van der Waals surface area contributed by atoms with Crippen molar-refractivity contribution >= 4 is 17.8 Å². The molecule has 0 aliphatic carbocycles. The lowest BCUT2D eigenvalue weighted by Crippen LogP contribution is -2.43. The average molecular weight is 299 g/mol. The molecular weight excluding hydrogens is 270 g/mol. The van der Waals surface area contributed by atoms with Crippen LogP contribution in [0.4, 0.5) is 0 Å². The average Bonchev–Trinajstić information content (AvgIpc) is 2.42. The number of hydrogen-bond acceptors (Lipinski definition) is 4. The Morgan fingerprint density at radius 2 is 1.76 bits per heavy atom. The zero-order valence-electron chi connectivity index (χ0n) is 12.9. The minimum atomic E-state index is -0.705. The highest BCUT2D eigenvalue weighted by molar-refractivity contribution is 5.97. The highest BCUT2D eigenvalue weighted by Crippen LogP contribution is 2.04. The molecule has 7 heteroatoms. The fourth-order valence-corrected chi connectivity index (χ4v) is 1.83. The molecule has 0 aromatic rings. The van der Waals surface area contributed by atoms with E-state index in [0.717, 1.165) is 19.3 Å². The third-order valence-electron chi connectivity index (χ3n) is 3.07. The molecule has 0 bridgehead atoms. The lowest BCUT2D eigenvalue weighted by atomic mass is 10.1. The largest absolute Gasteiger partial charge is 0.370 e. The molecule has 0 heterocycles. The first-order chi connectivity index (χ1) is 9.97. The van der Waals surface area contributed by atoms with Crippen LogP contribution < -0.4 is 22.5 Å². The van der Waals surface area contributed by atoms with Crippen molar-refractivity contribution < 1.29 is 9.59 Å². The maximum absolute atomic E-state index is 11.7. The number of carbonyl (C=O) groups is 2. The standard InChI is InChI=1S/C14H29N5O2/c1-2-3-4-5-6-9-12(20)19-13(21)11(15)8-7-10-18-14(16)17/h11H,2-10,15H2,1H3,(H4,16,17,18)(H,19,20,21)/t11-/m0/s1. The molecule has 0 saturated heterocycles. The minimum Gasteiger partial charge on any atom is -0.370 e. The van der Waals surface area contributed by atoms with E-state index in [1.54, 1.807) is 0 Å². The molecule has 0 spiro atoms. The summed E-state index contributed by atoms with van der Waals surface area (Å²) < 4.78 is 0. The molecule has 2 amide bonds. The Kier molecular flexibility index (Phi) is 11.2. The lowest BCUT2D eigenvalue weighted by molar-refractivity contribution is -0.131. The molecule has 0 saturated carbocycles. The van der Waals surface area contributed by atoms with Crippen LogP contribution >= 0.6 is 0 Å². The number of nitrogens with two attached hydrogens (primary N) is 3. The van der Waals surface area contributed by atoms with Crippen molar-refractivity contribution in [1.82, 2.24) is 5.32 Å². The molecule has 21 heavy (non-hydrogen) atoms. The smallest absolute Gasteiger partial charge is 0.243 e. The zero-order valence-corrected chi connectivity index (χ0v) is 12.9. The fourth-order valence-electron chi connectivity index (χ4n) is 1.83. The first-order valence-corrected chi connectivity index (χ1v) is 7.62. The van der Waals surface area contributed by atoms with Crippen molar-refractivity contribution in [2.24, 2.45) is 22.2 Å². The number of amides is 2. The van der Waals surface area contributed by atoms with E-state index in [-0.39, 0.29) is 11.9 Å². The summed E-state index contributed by atoms with van der Waals surface area (Å²) in [4.78, 5) is 27.0. The van der Waals surface area contributed by atoms with Crippen LogP contribution in [0.5, 0.6) is 0 Å². The number of nitrogens with one attached hydrogen (secondary N) is 1. The van der Waals surface area contributed by atoms with E-state index in [0.29, 0.717) is 25.8 Å². The molecule has 1 atom stereocenters. The summed E-state index contributed by atoms with van der Waals surface area (Å²) >= 11 is 0. The number of guanidine groups is 1. The van der Waals surface area contributed by atoms with Gasteiger partial charge in [-0.1, -0.05) is 32.6 Å². The third-order valence-corrected chi connectivity index (χ3v) is 3.07. The van der Waals surface area contributed by atoms with Crippen LogP contribution in [0.3, 0.4) is 0 Å². The quantitative estimate of drug-likeness (QED) is 0.248. The predicted molar refractivity (Wildman–Crippen MR) is 84.4 cm³/mol. The summed E-state index contributed by atoms with van der Waals surface area (Å²) in [7, 11) is 0. The van der Waals surface area contributed by atoms with Gasteiger partial charge in [0.15, 0.2) is 5.96 Å². The van der Waals surface area contributed by atoms with Gasteiger partial charge >= 0.3 is 0 Å². The van der Waals surface area contributed by atoms with Gasteiger partial charge in [-0.05, 0) is 19.3 Å². The second-order valence-electron chi connectivity index (χ2n) is 5.13. The molecule has 0 aliphatic rings. The summed E-state index contributed by atoms with van der Waals surface area (Å²) in [6.45, 7) is 2.56. The van der Waals surface area contributed by atoms with Gasteiger partial charge in [-0.3, -0.25) is 19.9 Å². The van der Waals surface area contributed by atoms with Gasteiger partial charge in [-0.2, -0.15) is 0 Å². The Hall–Kier alpha value is -1.63. The van der Waals surface area contributed by atoms with Gasteiger partial charge in [-0.15, -0.1) is 0 Å². The summed E-state index contributed by atoms with van der Waals surface area (Å²) in [6, 6.07) is -0.705. The maximum atomic E-state index is 11.7. The zero-order chi connectivity index (χ0) is 16.1. The number of unbranched alkanes of at least 4 members (excludes halogenated alkanes) is 4. The van der Waals surface area contributed by atoms with Gasteiger partial charge in [0.05, 0.1) is 6.04 Å². The molecule has 122 valence electrons. The molecule has 0 aromatic carbocycles. The highest BCUT2D eigenvalue weighted by atomic mass is 16.2. The van der Waals surface area contributed by atoms with Crippen LogP contribution in [0, 0.1) is 0 Å². The van der Waals surface area contributed by atoms with Gasteiger partial charge in [0.25, 0.3) is 0 Å². The Morgan fingerprint density at radius 1 is 1.10 bits per heavy atom. The fraction of sp³-hybridized carbons (Fsp3) is 0.786. The maximum Gasteiger partial charge on any atom is 0.243 e. The number of nitrogens with zero attached hydrogens (tertiary/aromatic N) is 1. The number of aliphatic imine (C=N–C) groups is 1. The number of carbonyl (C=O) groups excluding carboxylic acids is 2. The monoisotopic (exact) mass is 299 g/mol. The molecule has 0 unspecified atom stereocenters. The summed E-state index contributed by atoms with van der Waals surface area (Å²) in [5, 5.41) is 2.33. The first kappa shape index (κ1) is 19.4. The summed E-state index contributed by atoms with van der Waals surface area (Å²) in [5.41, 5.74) is 16.1. The Balaban J connectivity index is 3.74. The van der Waals surface area contributed by atoms with E-state index >= 15 is 0 Å². The summed E-state index contributed by atoms with van der Waals surface area (Å²) in [5.74, 6) is -0.666. The van der Waals surface area contributed by atoms with E-state index in [1.165, 1.54) is 12.8 Å². The van der Waals surface area contributed by atoms with Crippen molar-refractivity contribution in [2.75, 3.05) is 6.54 Å². The van der Waals surface area contributed by atoms with Crippen molar-refractivity contribution in [1.29, 1.82) is 0 Å². The number of hydrogen-bond donors (Lipinski definition) is 4. The molecule has 7 N–H and O–H groups in total. The Bertz CT molecular complexity index is 340. The second kappa shape index (κ2) is 12.1. The Labute approximate surface area is 126 Å². The Morgan fingerprint density at radius 3 is 2.38 bits per heavy atom. The number of rotatable bonds is 11. The normalized spacial score (nSPS) is 11.7. The van der Waals surface area contributed by atoms with Crippen molar-refractivity contribution in [3.63, 3.8) is 0 Å². The molecule has 0 radical (unpaired) electrons. The van der Waals surface area contributed by atoms with Crippen LogP contribution in [0.15, 0.2) is 4.99 Å². The first-order valence-electron chi connectivity index (χ1n) is 7.62. The van der Waals surface area contributed by atoms with Gasteiger partial charge in [0.2, 0.25) is 11.8 Å². The predicted octanol–water partition coefficient (Wildman–Crippen LogP) is 0.371. The lowest BCUT2D eigenvalue weighted by Gasteiger charge is -2.10. The molecular formula is C14H29N5O2. The van der Waals surface area contributed by atoms with Crippen LogP contribution in [0.2, 0.25) is 0 Å². The van der Waals surface area contributed by atoms with Crippen LogP contribution in [0.25, 0.3) is 0 Å². The minimum absolute atomic E-state index is 0.0197. The van der Waals surface area contributed by atoms with Crippen LogP contribution in [0.1, 0.15) is 58.3 Å². The van der Waals surface area contributed by atoms with E-state index in [2.05, 4.69) is 17.2 Å². The topological polar surface area (TPSA) is 137 Å². The van der Waals surface area contributed by atoms with E-state index in [9.17, 15) is 9.59 Å². The van der Waals surface area contributed by atoms with Gasteiger partial charge in [0, 0.05) is 13.0 Å². The molecule has 0 aromatic heterocycles. The van der Waals surface area contributed by atoms with Gasteiger partial charge in [-0.25, -0.2) is 0 Å². The molecule has 0 aliphatic heterocycles. The number of imide groups is 1. The van der Waals surface area contributed by atoms with Crippen molar-refractivity contribution in [2.45, 2.75) is 64.3 Å². The SMILES string of the molecule is CCCCCCCC(=O)NC(=O)[C@@H](N)CCCN=C(N)N. The highest BCUT2D eigenvalue weighted by Gasteiger charge is 2.15. The van der Waals surface area contributed by atoms with E-state index in [1.807, 2.05) is 0 Å². The van der Waals surface area contributed by atoms with E-state index < -0.39 is 11.9 Å². The summed E-state index contributed by atoms with van der Waals surface area (Å²) in [6.07, 6.45) is 6.70. The molecule has 0 fully saturated rings. The van der Waals surface area contributed by atoms with Crippen LogP contribution in [-0.4, -0.2) is 30.4 Å². The van der Waals surface area contributed by atoms with E-state index in [4.69, 9.17) is 17.2 Å². The van der Waals surface area contributed by atoms with Gasteiger partial charge in [0.1, 0.15) is 0 Å².